The second kappa shape index (κ2) is 12.8. The van der Waals surface area contributed by atoms with Gasteiger partial charge in [-0.1, -0.05) is 13.8 Å². The predicted molar refractivity (Wildman–Crippen MR) is 120 cm³/mol. The number of carboxylic acids is 1. The number of hydrogen-bond donors (Lipinski definition) is 5. The van der Waals surface area contributed by atoms with E-state index in [1.807, 2.05) is 23.6 Å². The summed E-state index contributed by atoms with van der Waals surface area (Å²) in [5.41, 5.74) is 0. The number of carbonyl (C=O) groups excluding carboxylic acids is 1. The maximum atomic E-state index is 11.5. The van der Waals surface area contributed by atoms with Crippen molar-refractivity contribution in [2.45, 2.75) is 52.0 Å². The highest BCUT2D eigenvalue weighted by atomic mass is 16.5. The van der Waals surface area contributed by atoms with Gasteiger partial charge in [-0.2, -0.15) is 0 Å². The van der Waals surface area contributed by atoms with Gasteiger partial charge in [-0.05, 0) is 38.8 Å². The van der Waals surface area contributed by atoms with Crippen LogP contribution in [0, 0.1) is 23.7 Å². The summed E-state index contributed by atoms with van der Waals surface area (Å²) in [6, 6.07) is -0.0522. The molecule has 5 N–H and O–H groups in total. The number of hydrogen-bond acceptors (Lipinski definition) is 9. The number of aliphatic carboxylic acids is 1. The summed E-state index contributed by atoms with van der Waals surface area (Å²) < 4.78 is 5.01. The van der Waals surface area contributed by atoms with Gasteiger partial charge in [0.25, 0.3) is 6.47 Å². The van der Waals surface area contributed by atoms with Crippen LogP contribution in [-0.4, -0.2) is 114 Å². The van der Waals surface area contributed by atoms with Crippen LogP contribution in [-0.2, 0) is 14.3 Å². The molecule has 0 spiro atoms. The van der Waals surface area contributed by atoms with Gasteiger partial charge in [-0.15, -0.1) is 0 Å². The van der Waals surface area contributed by atoms with Crippen LogP contribution in [0.25, 0.3) is 0 Å². The van der Waals surface area contributed by atoms with Crippen LogP contribution in [0.3, 0.4) is 0 Å². The standard InChI is InChI=1S/C22H42N4O6/c1-14-7-23-16(3)21(30)18(14)9-25(11-20(28)29)5-6-26(12-32-13-27)10-19-15(2)8-24-17(4)22(19)31/h13-19,21-24,30-31H,5-12H2,1-4H3,(H,28,29). The molecule has 0 aromatic heterocycles. The van der Waals surface area contributed by atoms with E-state index in [1.165, 1.54) is 0 Å². The van der Waals surface area contributed by atoms with E-state index in [-0.39, 0.29) is 49.0 Å². The number of ether oxygens (including phenoxy) is 1. The smallest absolute Gasteiger partial charge is 0.317 e. The zero-order valence-corrected chi connectivity index (χ0v) is 19.8. The van der Waals surface area contributed by atoms with Crippen LogP contribution in [0.15, 0.2) is 0 Å². The molecule has 8 atom stereocenters. The lowest BCUT2D eigenvalue weighted by Gasteiger charge is -2.42. The van der Waals surface area contributed by atoms with E-state index < -0.39 is 18.2 Å². The normalized spacial score (nSPS) is 35.8. The van der Waals surface area contributed by atoms with Crippen molar-refractivity contribution in [3.63, 3.8) is 0 Å². The summed E-state index contributed by atoms with van der Waals surface area (Å²) in [4.78, 5) is 26.1. The lowest BCUT2D eigenvalue weighted by molar-refractivity contribution is -0.139. The SMILES string of the molecule is CC1CNC(C)C(O)C1CN(CCN(CC(=O)O)CC1C(C)CNC(C)C1O)COC=O. The Balaban J connectivity index is 2.03. The van der Waals surface area contributed by atoms with Gasteiger partial charge in [0.05, 0.1) is 18.8 Å². The Hall–Kier alpha value is -1.30. The first-order valence-corrected chi connectivity index (χ1v) is 11.7. The molecule has 10 nitrogen and oxygen atoms in total. The van der Waals surface area contributed by atoms with Gasteiger partial charge < -0.3 is 30.7 Å². The molecule has 2 aliphatic rings. The number of rotatable bonds is 12. The Kier molecular flexibility index (Phi) is 10.8. The molecule has 2 aliphatic heterocycles. The third-order valence-corrected chi connectivity index (χ3v) is 7.24. The molecule has 2 saturated heterocycles. The summed E-state index contributed by atoms with van der Waals surface area (Å²) in [6.45, 7) is 12.0. The lowest BCUT2D eigenvalue weighted by Crippen LogP contribution is -2.56. The van der Waals surface area contributed by atoms with E-state index in [0.717, 1.165) is 13.1 Å². The summed E-state index contributed by atoms with van der Waals surface area (Å²) in [5, 5.41) is 37.3. The second-order valence-corrected chi connectivity index (χ2v) is 9.76. The van der Waals surface area contributed by atoms with Crippen molar-refractivity contribution in [1.29, 1.82) is 0 Å². The van der Waals surface area contributed by atoms with Crippen molar-refractivity contribution in [3.05, 3.63) is 0 Å². The van der Waals surface area contributed by atoms with E-state index in [9.17, 15) is 24.9 Å². The zero-order valence-electron chi connectivity index (χ0n) is 19.8. The molecule has 10 heteroatoms. The second-order valence-electron chi connectivity index (χ2n) is 9.76. The fourth-order valence-electron chi connectivity index (χ4n) is 4.93. The third-order valence-electron chi connectivity index (χ3n) is 7.24. The fourth-order valence-corrected chi connectivity index (χ4v) is 4.93. The summed E-state index contributed by atoms with van der Waals surface area (Å²) in [5.74, 6) is -0.457. The molecular formula is C22H42N4O6. The first-order valence-electron chi connectivity index (χ1n) is 11.7. The highest BCUT2D eigenvalue weighted by molar-refractivity contribution is 5.69. The van der Waals surface area contributed by atoms with Crippen molar-refractivity contribution in [1.82, 2.24) is 20.4 Å². The highest BCUT2D eigenvalue weighted by Gasteiger charge is 2.37. The Morgan fingerprint density at radius 3 is 1.88 bits per heavy atom. The average Bonchev–Trinajstić information content (AvgIpc) is 2.74. The minimum Gasteiger partial charge on any atom is -0.480 e. The first-order chi connectivity index (χ1) is 15.1. The number of nitrogens with one attached hydrogen (secondary N) is 2. The molecule has 0 aliphatic carbocycles. The molecule has 8 unspecified atom stereocenters. The quantitative estimate of drug-likeness (QED) is 0.183. The maximum Gasteiger partial charge on any atom is 0.317 e. The molecule has 0 amide bonds. The summed E-state index contributed by atoms with van der Waals surface area (Å²) in [6.07, 6.45) is -1.06. The van der Waals surface area contributed by atoms with Crippen LogP contribution in [0.5, 0.6) is 0 Å². The zero-order chi connectivity index (χ0) is 23.8. The molecule has 0 aromatic carbocycles. The first kappa shape index (κ1) is 26.9. The van der Waals surface area contributed by atoms with Crippen molar-refractivity contribution in [3.8, 4) is 0 Å². The molecule has 32 heavy (non-hydrogen) atoms. The van der Waals surface area contributed by atoms with Crippen LogP contribution in [0.2, 0.25) is 0 Å². The van der Waals surface area contributed by atoms with Crippen molar-refractivity contribution in [2.24, 2.45) is 23.7 Å². The Morgan fingerprint density at radius 2 is 1.41 bits per heavy atom. The molecule has 0 radical (unpaired) electrons. The minimum absolute atomic E-state index is 0.0153. The van der Waals surface area contributed by atoms with E-state index >= 15 is 0 Å². The number of aliphatic hydroxyl groups excluding tert-OH is 2. The molecule has 2 heterocycles. The molecule has 186 valence electrons. The highest BCUT2D eigenvalue weighted by Crippen LogP contribution is 2.25. The molecule has 0 bridgehead atoms. The van der Waals surface area contributed by atoms with Crippen molar-refractivity contribution < 1.29 is 29.6 Å². The average molecular weight is 459 g/mol. The van der Waals surface area contributed by atoms with Crippen LogP contribution >= 0.6 is 0 Å². The molecular weight excluding hydrogens is 416 g/mol. The number of piperidine rings is 2. The number of nitrogens with zero attached hydrogens (tertiary/aromatic N) is 2. The number of aliphatic hydroxyl groups is 2. The Labute approximate surface area is 191 Å². The van der Waals surface area contributed by atoms with E-state index in [0.29, 0.717) is 32.7 Å². The lowest BCUT2D eigenvalue weighted by atomic mass is 9.81. The van der Waals surface area contributed by atoms with Gasteiger partial charge in [0.2, 0.25) is 0 Å². The van der Waals surface area contributed by atoms with Crippen molar-refractivity contribution in [2.75, 3.05) is 52.5 Å². The maximum absolute atomic E-state index is 11.5. The molecule has 0 aromatic rings. The van der Waals surface area contributed by atoms with Crippen LogP contribution in [0.4, 0.5) is 0 Å². The summed E-state index contributed by atoms with van der Waals surface area (Å²) in [7, 11) is 0. The summed E-state index contributed by atoms with van der Waals surface area (Å²) >= 11 is 0. The van der Waals surface area contributed by atoms with Gasteiger partial charge in [0.1, 0.15) is 6.73 Å². The number of carbonyl (C=O) groups is 2. The van der Waals surface area contributed by atoms with E-state index in [2.05, 4.69) is 24.5 Å². The van der Waals surface area contributed by atoms with Gasteiger partial charge in [-0.25, -0.2) is 0 Å². The largest absolute Gasteiger partial charge is 0.480 e. The van der Waals surface area contributed by atoms with Crippen molar-refractivity contribution >= 4 is 12.4 Å². The third kappa shape index (κ3) is 7.64. The van der Waals surface area contributed by atoms with Gasteiger partial charge in [0, 0.05) is 50.1 Å². The fraction of sp³-hybridized carbons (Fsp3) is 0.909. The Bertz CT molecular complexity index is 597. The van der Waals surface area contributed by atoms with Crippen LogP contribution < -0.4 is 10.6 Å². The van der Waals surface area contributed by atoms with Crippen LogP contribution in [0.1, 0.15) is 27.7 Å². The van der Waals surface area contributed by atoms with Gasteiger partial charge >= 0.3 is 5.97 Å². The van der Waals surface area contributed by atoms with Gasteiger partial charge in [-0.3, -0.25) is 19.4 Å². The molecule has 0 saturated carbocycles. The Morgan fingerprint density at radius 1 is 0.938 bits per heavy atom. The minimum atomic E-state index is -0.916. The monoisotopic (exact) mass is 458 g/mol. The molecule has 2 fully saturated rings. The topological polar surface area (TPSA) is 135 Å². The van der Waals surface area contributed by atoms with Gasteiger partial charge in [0.15, 0.2) is 0 Å². The van der Waals surface area contributed by atoms with E-state index in [1.54, 1.807) is 0 Å². The van der Waals surface area contributed by atoms with E-state index in [4.69, 9.17) is 4.74 Å². The predicted octanol–water partition coefficient (Wildman–Crippen LogP) is -0.985. The number of carboxylic acid groups (broad SMARTS) is 1. The molecule has 2 rings (SSSR count).